The molecule has 11 heavy (non-hydrogen) atoms. The highest BCUT2D eigenvalue weighted by Gasteiger charge is 1.96. The fourth-order valence-corrected chi connectivity index (χ4v) is 0.570. The number of anilines is 2. The van der Waals surface area contributed by atoms with Crippen LogP contribution in [0.25, 0.3) is 0 Å². The van der Waals surface area contributed by atoms with Crippen LogP contribution in [0.3, 0.4) is 0 Å². The Morgan fingerprint density at radius 3 is 2.00 bits per heavy atom. The highest BCUT2D eigenvalue weighted by atomic mass is 35.5. The average Bonchev–Trinajstić information content (AvgIpc) is 1.83. The van der Waals surface area contributed by atoms with Crippen molar-refractivity contribution in [3.8, 4) is 5.75 Å². The van der Waals surface area contributed by atoms with E-state index in [0.29, 0.717) is 5.69 Å². The molecule has 64 valence electrons. The normalized spacial score (nSPS) is 7.64. The van der Waals surface area contributed by atoms with E-state index in [1.807, 2.05) is 0 Å². The number of hydrogen-bond donors (Lipinski definition) is 3. The third-order valence-electron chi connectivity index (χ3n) is 1.12. The molecule has 0 atom stereocenters. The number of rotatable bonds is 0. The minimum absolute atomic E-state index is 0. The molecular formula is C6H10Cl2N2O. The zero-order valence-electron chi connectivity index (χ0n) is 5.65. The van der Waals surface area contributed by atoms with Crippen molar-refractivity contribution in [1.29, 1.82) is 0 Å². The van der Waals surface area contributed by atoms with Crippen LogP contribution in [0.5, 0.6) is 5.75 Å². The SMILES string of the molecule is Cl.Cl.Nc1cccc(O)c1N. The van der Waals surface area contributed by atoms with E-state index >= 15 is 0 Å². The lowest BCUT2D eigenvalue weighted by Gasteiger charge is -1.99. The molecule has 0 saturated heterocycles. The van der Waals surface area contributed by atoms with Crippen LogP contribution in [-0.4, -0.2) is 5.11 Å². The third kappa shape index (κ3) is 2.74. The standard InChI is InChI=1S/C6H8N2O.2ClH/c7-4-2-1-3-5(9)6(4)8;;/h1-3,9H,7-8H2;2*1H. The summed E-state index contributed by atoms with van der Waals surface area (Å²) in [6.45, 7) is 0. The number of halogens is 2. The van der Waals surface area contributed by atoms with Crippen molar-refractivity contribution < 1.29 is 5.11 Å². The molecule has 0 spiro atoms. The number of benzene rings is 1. The lowest BCUT2D eigenvalue weighted by Crippen LogP contribution is -1.93. The minimum atomic E-state index is 0. The first kappa shape index (κ1) is 12.8. The van der Waals surface area contributed by atoms with Crippen LogP contribution >= 0.6 is 24.8 Å². The summed E-state index contributed by atoms with van der Waals surface area (Å²) >= 11 is 0. The molecule has 0 fully saturated rings. The van der Waals surface area contributed by atoms with E-state index in [-0.39, 0.29) is 36.3 Å². The summed E-state index contributed by atoms with van der Waals surface area (Å²) < 4.78 is 0. The molecule has 0 aliphatic rings. The van der Waals surface area contributed by atoms with E-state index in [2.05, 4.69) is 0 Å². The molecular weight excluding hydrogens is 187 g/mol. The quantitative estimate of drug-likeness (QED) is 0.434. The predicted octanol–water partition coefficient (Wildman–Crippen LogP) is 1.40. The number of para-hydroxylation sites is 1. The van der Waals surface area contributed by atoms with E-state index in [0.717, 1.165) is 0 Å². The Hall–Kier alpha value is -0.800. The summed E-state index contributed by atoms with van der Waals surface area (Å²) in [5, 5.41) is 8.90. The Morgan fingerprint density at radius 2 is 1.64 bits per heavy atom. The fraction of sp³-hybridized carbons (Fsp3) is 0. The highest BCUT2D eigenvalue weighted by molar-refractivity contribution is 5.85. The summed E-state index contributed by atoms with van der Waals surface area (Å²) in [7, 11) is 0. The van der Waals surface area contributed by atoms with Crippen molar-refractivity contribution in [2.24, 2.45) is 0 Å². The maximum absolute atomic E-state index is 8.90. The Morgan fingerprint density at radius 1 is 1.09 bits per heavy atom. The summed E-state index contributed by atoms with van der Waals surface area (Å²) in [5.41, 5.74) is 11.3. The molecule has 0 amide bonds. The van der Waals surface area contributed by atoms with Crippen molar-refractivity contribution in [3.05, 3.63) is 18.2 Å². The molecule has 1 aromatic carbocycles. The topological polar surface area (TPSA) is 72.3 Å². The van der Waals surface area contributed by atoms with Crippen LogP contribution in [-0.2, 0) is 0 Å². The number of phenols is 1. The van der Waals surface area contributed by atoms with Gasteiger partial charge >= 0.3 is 0 Å². The second kappa shape index (κ2) is 4.93. The van der Waals surface area contributed by atoms with Gasteiger partial charge in [-0.2, -0.15) is 0 Å². The molecule has 0 bridgehead atoms. The number of hydrogen-bond acceptors (Lipinski definition) is 3. The molecule has 1 rings (SSSR count). The molecule has 3 nitrogen and oxygen atoms in total. The smallest absolute Gasteiger partial charge is 0.140 e. The van der Waals surface area contributed by atoms with Gasteiger partial charge in [-0.1, -0.05) is 6.07 Å². The first-order valence-electron chi connectivity index (χ1n) is 2.54. The molecule has 5 N–H and O–H groups in total. The van der Waals surface area contributed by atoms with Crippen LogP contribution in [0.4, 0.5) is 11.4 Å². The van der Waals surface area contributed by atoms with E-state index in [9.17, 15) is 0 Å². The third-order valence-corrected chi connectivity index (χ3v) is 1.12. The summed E-state index contributed by atoms with van der Waals surface area (Å²) in [6, 6.07) is 4.77. The lowest BCUT2D eigenvalue weighted by molar-refractivity contribution is 0.478. The van der Waals surface area contributed by atoms with E-state index in [1.54, 1.807) is 12.1 Å². The first-order chi connectivity index (χ1) is 4.22. The van der Waals surface area contributed by atoms with Gasteiger partial charge in [0.15, 0.2) is 0 Å². The number of nitrogen functional groups attached to an aromatic ring is 2. The highest BCUT2D eigenvalue weighted by Crippen LogP contribution is 2.24. The zero-order valence-corrected chi connectivity index (χ0v) is 7.28. The van der Waals surface area contributed by atoms with E-state index in [1.165, 1.54) is 6.07 Å². The zero-order chi connectivity index (χ0) is 6.85. The van der Waals surface area contributed by atoms with Crippen LogP contribution in [0.2, 0.25) is 0 Å². The molecule has 5 heteroatoms. The van der Waals surface area contributed by atoms with E-state index < -0.39 is 0 Å². The molecule has 0 unspecified atom stereocenters. The molecule has 0 aliphatic heterocycles. The van der Waals surface area contributed by atoms with Crippen LogP contribution in [0.1, 0.15) is 0 Å². The number of aromatic hydroxyl groups is 1. The maximum Gasteiger partial charge on any atom is 0.140 e. The Bertz CT molecular complexity index is 210. The second-order valence-corrected chi connectivity index (χ2v) is 1.78. The molecule has 0 heterocycles. The predicted molar refractivity (Wildman–Crippen MR) is 51.4 cm³/mol. The van der Waals surface area contributed by atoms with Gasteiger partial charge in [0.2, 0.25) is 0 Å². The van der Waals surface area contributed by atoms with Gasteiger partial charge in [0.25, 0.3) is 0 Å². The monoisotopic (exact) mass is 196 g/mol. The average molecular weight is 197 g/mol. The van der Waals surface area contributed by atoms with Gasteiger partial charge in [0.05, 0.1) is 11.4 Å². The van der Waals surface area contributed by atoms with Gasteiger partial charge in [-0.05, 0) is 12.1 Å². The van der Waals surface area contributed by atoms with Crippen molar-refractivity contribution >= 4 is 36.2 Å². The van der Waals surface area contributed by atoms with Crippen LogP contribution < -0.4 is 11.5 Å². The second-order valence-electron chi connectivity index (χ2n) is 1.78. The van der Waals surface area contributed by atoms with Crippen molar-refractivity contribution in [1.82, 2.24) is 0 Å². The largest absolute Gasteiger partial charge is 0.506 e. The van der Waals surface area contributed by atoms with Gasteiger partial charge in [0.1, 0.15) is 5.75 Å². The Balaban J connectivity index is 0. The maximum atomic E-state index is 8.90. The number of phenolic OH excluding ortho intramolecular Hbond substituents is 1. The van der Waals surface area contributed by atoms with Crippen molar-refractivity contribution in [2.75, 3.05) is 11.5 Å². The van der Waals surface area contributed by atoms with Gasteiger partial charge in [-0.3, -0.25) is 0 Å². The molecule has 0 saturated carbocycles. The van der Waals surface area contributed by atoms with Gasteiger partial charge in [-0.15, -0.1) is 24.8 Å². The summed E-state index contributed by atoms with van der Waals surface area (Å²) in [5.74, 6) is 0.0370. The molecule has 0 radical (unpaired) electrons. The Labute approximate surface area is 77.2 Å². The Kier molecular flexibility index (Phi) is 5.76. The van der Waals surface area contributed by atoms with Crippen LogP contribution in [0, 0.1) is 0 Å². The summed E-state index contributed by atoms with van der Waals surface area (Å²) in [4.78, 5) is 0. The van der Waals surface area contributed by atoms with Crippen molar-refractivity contribution in [2.45, 2.75) is 0 Å². The fourth-order valence-electron chi connectivity index (χ4n) is 0.570. The molecule has 1 aromatic rings. The van der Waals surface area contributed by atoms with Crippen LogP contribution in [0.15, 0.2) is 18.2 Å². The first-order valence-corrected chi connectivity index (χ1v) is 2.54. The van der Waals surface area contributed by atoms with Gasteiger partial charge in [-0.25, -0.2) is 0 Å². The minimum Gasteiger partial charge on any atom is -0.506 e. The van der Waals surface area contributed by atoms with Crippen molar-refractivity contribution in [3.63, 3.8) is 0 Å². The summed E-state index contributed by atoms with van der Waals surface area (Å²) in [6.07, 6.45) is 0. The van der Waals surface area contributed by atoms with E-state index in [4.69, 9.17) is 16.6 Å². The molecule has 0 aliphatic carbocycles. The lowest BCUT2D eigenvalue weighted by atomic mass is 10.2. The number of nitrogens with two attached hydrogens (primary N) is 2. The van der Waals surface area contributed by atoms with Gasteiger partial charge in [0, 0.05) is 0 Å². The molecule has 0 aromatic heterocycles. The van der Waals surface area contributed by atoms with Gasteiger partial charge < -0.3 is 16.6 Å².